The molecule has 2 aromatic rings. The van der Waals surface area contributed by atoms with E-state index in [1.54, 1.807) is 4.90 Å². The molecule has 1 unspecified atom stereocenters. The summed E-state index contributed by atoms with van der Waals surface area (Å²) >= 11 is 5.94. The Kier molecular flexibility index (Phi) is 5.53. The number of halogens is 1. The van der Waals surface area contributed by atoms with Gasteiger partial charge in [-0.3, -0.25) is 9.69 Å². The highest BCUT2D eigenvalue weighted by Crippen LogP contribution is 2.37. The first-order valence-electron chi connectivity index (χ1n) is 9.63. The molecular weight excluding hydrogens is 376 g/mol. The second kappa shape index (κ2) is 8.23. The van der Waals surface area contributed by atoms with E-state index in [2.05, 4.69) is 17.4 Å². The summed E-state index contributed by atoms with van der Waals surface area (Å²) in [5.41, 5.74) is 2.21. The largest absolute Gasteiger partial charge is 0.448 e. The summed E-state index contributed by atoms with van der Waals surface area (Å²) in [7, 11) is 0. The van der Waals surface area contributed by atoms with Crippen molar-refractivity contribution >= 4 is 23.6 Å². The lowest BCUT2D eigenvalue weighted by atomic mass is 9.76. The highest BCUT2D eigenvalue weighted by atomic mass is 35.5. The molecule has 1 saturated heterocycles. The third-order valence-corrected chi connectivity index (χ3v) is 5.83. The van der Waals surface area contributed by atoms with E-state index in [9.17, 15) is 9.59 Å². The lowest BCUT2D eigenvalue weighted by Gasteiger charge is -2.37. The monoisotopic (exact) mass is 398 g/mol. The van der Waals surface area contributed by atoms with Gasteiger partial charge in [0, 0.05) is 11.1 Å². The number of cyclic esters (lactones) is 1. The topological polar surface area (TPSA) is 58.6 Å². The zero-order valence-corrected chi connectivity index (χ0v) is 16.3. The van der Waals surface area contributed by atoms with E-state index in [0.29, 0.717) is 19.1 Å². The quantitative estimate of drug-likeness (QED) is 0.789. The van der Waals surface area contributed by atoms with Crippen LogP contribution in [0.1, 0.15) is 42.3 Å². The number of carbonyl (C=O) groups is 2. The minimum Gasteiger partial charge on any atom is -0.448 e. The van der Waals surface area contributed by atoms with Crippen LogP contribution >= 0.6 is 11.6 Å². The zero-order chi connectivity index (χ0) is 19.5. The van der Waals surface area contributed by atoms with Crippen LogP contribution in [-0.2, 0) is 9.53 Å². The minimum atomic E-state index is -0.354. The fourth-order valence-corrected chi connectivity index (χ4v) is 4.10. The Morgan fingerprint density at radius 2 is 1.86 bits per heavy atom. The van der Waals surface area contributed by atoms with E-state index < -0.39 is 0 Å². The summed E-state index contributed by atoms with van der Waals surface area (Å²) in [4.78, 5) is 26.4. The maximum Gasteiger partial charge on any atom is 0.410 e. The zero-order valence-electron chi connectivity index (χ0n) is 15.5. The molecule has 2 aromatic carbocycles. The van der Waals surface area contributed by atoms with Gasteiger partial charge in [-0.05, 0) is 42.0 Å². The molecule has 6 heteroatoms. The lowest BCUT2D eigenvalue weighted by molar-refractivity contribution is -0.123. The molecule has 1 aliphatic heterocycles. The third-order valence-electron chi connectivity index (χ3n) is 5.58. The maximum atomic E-state index is 12.7. The first kappa shape index (κ1) is 18.8. The second-order valence-electron chi connectivity index (χ2n) is 7.42. The van der Waals surface area contributed by atoms with Crippen molar-refractivity contribution in [3.63, 3.8) is 0 Å². The van der Waals surface area contributed by atoms with Crippen molar-refractivity contribution in [2.75, 3.05) is 13.2 Å². The van der Waals surface area contributed by atoms with Crippen molar-refractivity contribution in [2.45, 2.75) is 37.3 Å². The van der Waals surface area contributed by atoms with Crippen molar-refractivity contribution in [3.8, 4) is 0 Å². The average molecular weight is 399 g/mol. The Bertz CT molecular complexity index is 835. The second-order valence-corrected chi connectivity index (χ2v) is 7.86. The molecule has 0 bridgehead atoms. The number of rotatable bonds is 6. The molecule has 1 heterocycles. The van der Waals surface area contributed by atoms with Crippen LogP contribution in [-0.4, -0.2) is 36.1 Å². The fraction of sp³-hybridized carbons (Fsp3) is 0.364. The van der Waals surface area contributed by atoms with Gasteiger partial charge >= 0.3 is 6.09 Å². The summed E-state index contributed by atoms with van der Waals surface area (Å²) in [6, 6.07) is 17.4. The van der Waals surface area contributed by atoms with Crippen LogP contribution in [0, 0.1) is 0 Å². The summed E-state index contributed by atoms with van der Waals surface area (Å²) in [5, 5.41) is 3.86. The van der Waals surface area contributed by atoms with Gasteiger partial charge in [-0.2, -0.15) is 0 Å². The van der Waals surface area contributed by atoms with Crippen molar-refractivity contribution in [1.29, 1.82) is 0 Å². The maximum absolute atomic E-state index is 12.7. The van der Waals surface area contributed by atoms with Crippen LogP contribution in [0.3, 0.4) is 0 Å². The van der Waals surface area contributed by atoms with Gasteiger partial charge in [0.15, 0.2) is 0 Å². The molecule has 2 aliphatic rings. The van der Waals surface area contributed by atoms with E-state index in [0.717, 1.165) is 23.4 Å². The minimum absolute atomic E-state index is 0.0342. The molecule has 146 valence electrons. The molecule has 28 heavy (non-hydrogen) atoms. The number of hydrogen-bond acceptors (Lipinski definition) is 3. The molecule has 0 radical (unpaired) electrons. The highest BCUT2D eigenvalue weighted by molar-refractivity contribution is 6.30. The van der Waals surface area contributed by atoms with E-state index >= 15 is 0 Å². The van der Waals surface area contributed by atoms with Gasteiger partial charge in [0.25, 0.3) is 0 Å². The van der Waals surface area contributed by atoms with Gasteiger partial charge in [0.1, 0.15) is 6.61 Å². The van der Waals surface area contributed by atoms with Crippen LogP contribution < -0.4 is 5.32 Å². The number of benzene rings is 2. The third kappa shape index (κ3) is 4.14. The SMILES string of the molecule is O=C(CC(c1ccccc1)N1CCOC1=O)NC1CC(c2ccc(Cl)cc2)C1. The van der Waals surface area contributed by atoms with E-state index in [-0.39, 0.29) is 30.5 Å². The first-order chi connectivity index (χ1) is 13.6. The smallest absolute Gasteiger partial charge is 0.410 e. The van der Waals surface area contributed by atoms with Crippen molar-refractivity contribution in [3.05, 3.63) is 70.7 Å². The summed E-state index contributed by atoms with van der Waals surface area (Å²) in [6.07, 6.45) is 1.74. The molecule has 0 spiro atoms. The predicted octanol–water partition coefficient (Wildman–Crippen LogP) is 4.29. The normalized spacial score (nSPS) is 22.3. The van der Waals surface area contributed by atoms with Crippen LogP contribution in [0.15, 0.2) is 54.6 Å². The van der Waals surface area contributed by atoms with E-state index in [4.69, 9.17) is 16.3 Å². The Labute approximate surface area is 169 Å². The Morgan fingerprint density at radius 3 is 2.50 bits per heavy atom. The highest BCUT2D eigenvalue weighted by Gasteiger charge is 2.35. The van der Waals surface area contributed by atoms with Crippen LogP contribution in [0.2, 0.25) is 5.02 Å². The molecule has 4 rings (SSSR count). The molecule has 1 saturated carbocycles. The Hall–Kier alpha value is -2.53. The van der Waals surface area contributed by atoms with Gasteiger partial charge in [-0.15, -0.1) is 0 Å². The summed E-state index contributed by atoms with van der Waals surface area (Å²) in [6.45, 7) is 0.878. The van der Waals surface area contributed by atoms with Gasteiger partial charge in [0.2, 0.25) is 5.91 Å². The van der Waals surface area contributed by atoms with E-state index in [1.807, 2.05) is 42.5 Å². The molecule has 2 amide bonds. The fourth-order valence-electron chi connectivity index (χ4n) is 3.98. The van der Waals surface area contributed by atoms with Gasteiger partial charge in [-0.1, -0.05) is 54.1 Å². The van der Waals surface area contributed by atoms with Crippen molar-refractivity contribution < 1.29 is 14.3 Å². The number of ether oxygens (including phenoxy) is 1. The lowest BCUT2D eigenvalue weighted by Crippen LogP contribution is -2.44. The average Bonchev–Trinajstić information content (AvgIpc) is 3.10. The number of carbonyl (C=O) groups excluding carboxylic acids is 2. The molecule has 2 fully saturated rings. The molecule has 5 nitrogen and oxygen atoms in total. The molecule has 0 aromatic heterocycles. The number of amides is 2. The van der Waals surface area contributed by atoms with Gasteiger partial charge < -0.3 is 10.1 Å². The summed E-state index contributed by atoms with van der Waals surface area (Å²) < 4.78 is 5.08. The van der Waals surface area contributed by atoms with Crippen LogP contribution in [0.25, 0.3) is 0 Å². The Morgan fingerprint density at radius 1 is 1.14 bits per heavy atom. The summed E-state index contributed by atoms with van der Waals surface area (Å²) in [5.74, 6) is 0.425. The molecule has 1 N–H and O–H groups in total. The molecule has 1 atom stereocenters. The number of hydrogen-bond donors (Lipinski definition) is 1. The van der Waals surface area contributed by atoms with Crippen molar-refractivity contribution in [2.24, 2.45) is 0 Å². The van der Waals surface area contributed by atoms with Crippen LogP contribution in [0.4, 0.5) is 4.79 Å². The van der Waals surface area contributed by atoms with Crippen molar-refractivity contribution in [1.82, 2.24) is 10.2 Å². The first-order valence-corrected chi connectivity index (χ1v) is 10.0. The van der Waals surface area contributed by atoms with Gasteiger partial charge in [0.05, 0.1) is 19.0 Å². The molecular formula is C22H23ClN2O3. The van der Waals surface area contributed by atoms with Crippen LogP contribution in [0.5, 0.6) is 0 Å². The standard InChI is InChI=1S/C22H23ClN2O3/c23-18-8-6-15(7-9-18)17-12-19(13-17)24-21(26)14-20(16-4-2-1-3-5-16)25-10-11-28-22(25)27/h1-9,17,19-20H,10-14H2,(H,24,26). The predicted molar refractivity (Wildman–Crippen MR) is 107 cm³/mol. The molecule has 1 aliphatic carbocycles. The van der Waals surface area contributed by atoms with Gasteiger partial charge in [-0.25, -0.2) is 4.79 Å². The number of nitrogens with one attached hydrogen (secondary N) is 1. The number of nitrogens with zero attached hydrogens (tertiary/aromatic N) is 1. The van der Waals surface area contributed by atoms with E-state index in [1.165, 1.54) is 5.56 Å². The Balaban J connectivity index is 1.35.